The Hall–Kier alpha value is -0.580. The lowest BCUT2D eigenvalue weighted by atomic mass is 9.72. The first-order chi connectivity index (χ1) is 7.54. The van der Waals surface area contributed by atoms with Crippen molar-refractivity contribution in [2.75, 3.05) is 13.2 Å². The molecule has 0 saturated carbocycles. The highest BCUT2D eigenvalue weighted by Crippen LogP contribution is 2.44. The number of hydrogen-bond donors (Lipinski definition) is 1. The minimum atomic E-state index is -0.763. The van der Waals surface area contributed by atoms with Crippen LogP contribution >= 0.6 is 22.9 Å². The number of carboxylic acids is 1. The summed E-state index contributed by atoms with van der Waals surface area (Å²) in [6.07, 6.45) is 0.166. The van der Waals surface area contributed by atoms with Gasteiger partial charge in [-0.15, -0.1) is 11.3 Å². The molecular weight excluding hydrogens is 248 g/mol. The van der Waals surface area contributed by atoms with Gasteiger partial charge in [-0.05, 0) is 18.1 Å². The molecule has 2 rings (SSSR count). The minimum Gasteiger partial charge on any atom is -0.481 e. The van der Waals surface area contributed by atoms with E-state index in [1.54, 1.807) is 0 Å². The average Bonchev–Trinajstić information content (AvgIpc) is 2.48. The fourth-order valence-corrected chi connectivity index (χ4v) is 3.35. The highest BCUT2D eigenvalue weighted by molar-refractivity contribution is 7.16. The molecule has 0 aliphatic carbocycles. The predicted molar refractivity (Wildman–Crippen MR) is 63.2 cm³/mol. The van der Waals surface area contributed by atoms with Crippen molar-refractivity contribution in [2.24, 2.45) is 5.92 Å². The zero-order chi connectivity index (χ0) is 11.8. The van der Waals surface area contributed by atoms with Crippen LogP contribution in [-0.4, -0.2) is 24.3 Å². The van der Waals surface area contributed by atoms with Crippen LogP contribution in [0.4, 0.5) is 0 Å². The summed E-state index contributed by atoms with van der Waals surface area (Å²) in [5, 5.41) is 8.86. The normalized spacial score (nSPS) is 20.1. The molecule has 1 saturated heterocycles. The molecule has 3 nitrogen and oxygen atoms in total. The Bertz CT molecular complexity index is 398. The van der Waals surface area contributed by atoms with Crippen molar-refractivity contribution in [1.29, 1.82) is 0 Å². The Morgan fingerprint density at radius 2 is 2.38 bits per heavy atom. The topological polar surface area (TPSA) is 46.5 Å². The SMILES string of the molecule is CC(CC(=O)O)C1(c2ccc(Cl)s2)COC1. The first kappa shape index (κ1) is 11.9. The predicted octanol–water partition coefficient (Wildman–Crippen LogP) is 2.78. The maximum absolute atomic E-state index is 10.8. The number of hydrogen-bond acceptors (Lipinski definition) is 3. The van der Waals surface area contributed by atoms with E-state index in [1.165, 1.54) is 11.3 Å². The van der Waals surface area contributed by atoms with Crippen molar-refractivity contribution < 1.29 is 14.6 Å². The van der Waals surface area contributed by atoms with Gasteiger partial charge >= 0.3 is 5.97 Å². The van der Waals surface area contributed by atoms with Gasteiger partial charge in [0.15, 0.2) is 0 Å². The van der Waals surface area contributed by atoms with Crippen molar-refractivity contribution in [1.82, 2.24) is 0 Å². The number of rotatable bonds is 4. The van der Waals surface area contributed by atoms with Crippen molar-refractivity contribution in [3.63, 3.8) is 0 Å². The molecular formula is C11H13ClO3S. The van der Waals surface area contributed by atoms with Crippen LogP contribution in [0, 0.1) is 5.92 Å². The van der Waals surface area contributed by atoms with E-state index < -0.39 is 5.97 Å². The molecule has 0 aromatic carbocycles. The molecule has 0 bridgehead atoms. The summed E-state index contributed by atoms with van der Waals surface area (Å²) in [6, 6.07) is 3.84. The largest absolute Gasteiger partial charge is 0.481 e. The number of halogens is 1. The fraction of sp³-hybridized carbons (Fsp3) is 0.545. The zero-order valence-corrected chi connectivity index (χ0v) is 10.5. The van der Waals surface area contributed by atoms with Crippen molar-refractivity contribution >= 4 is 28.9 Å². The second-order valence-electron chi connectivity index (χ2n) is 4.25. The lowest BCUT2D eigenvalue weighted by Gasteiger charge is -2.45. The first-order valence-electron chi connectivity index (χ1n) is 5.10. The molecule has 0 spiro atoms. The van der Waals surface area contributed by atoms with Crippen molar-refractivity contribution in [3.8, 4) is 0 Å². The second kappa shape index (κ2) is 4.35. The van der Waals surface area contributed by atoms with E-state index >= 15 is 0 Å². The van der Waals surface area contributed by atoms with Crippen LogP contribution in [0.3, 0.4) is 0 Å². The van der Waals surface area contributed by atoms with Crippen molar-refractivity contribution in [3.05, 3.63) is 21.3 Å². The van der Waals surface area contributed by atoms with Crippen LogP contribution in [0.1, 0.15) is 18.2 Å². The third kappa shape index (κ3) is 1.97. The van der Waals surface area contributed by atoms with E-state index in [0.29, 0.717) is 13.2 Å². The summed E-state index contributed by atoms with van der Waals surface area (Å²) in [5.74, 6) is -0.699. The summed E-state index contributed by atoms with van der Waals surface area (Å²) >= 11 is 7.44. The summed E-state index contributed by atoms with van der Waals surface area (Å²) in [4.78, 5) is 11.9. The van der Waals surface area contributed by atoms with Gasteiger partial charge in [-0.1, -0.05) is 18.5 Å². The van der Waals surface area contributed by atoms with Gasteiger partial charge < -0.3 is 9.84 Å². The van der Waals surface area contributed by atoms with Crippen LogP contribution in [-0.2, 0) is 14.9 Å². The number of ether oxygens (including phenoxy) is 1. The molecule has 1 unspecified atom stereocenters. The molecule has 1 aliphatic rings. The van der Waals surface area contributed by atoms with Gasteiger partial charge in [-0.3, -0.25) is 4.79 Å². The van der Waals surface area contributed by atoms with Crippen LogP contribution in [0.2, 0.25) is 4.34 Å². The maximum Gasteiger partial charge on any atom is 0.303 e. The van der Waals surface area contributed by atoms with Gasteiger partial charge in [0, 0.05) is 11.3 Å². The zero-order valence-electron chi connectivity index (χ0n) is 8.90. The summed E-state index contributed by atoms with van der Waals surface area (Å²) in [7, 11) is 0. The fourth-order valence-electron chi connectivity index (χ4n) is 2.03. The lowest BCUT2D eigenvalue weighted by Crippen LogP contribution is -2.51. The summed E-state index contributed by atoms with van der Waals surface area (Å²) in [5.41, 5.74) is -0.143. The van der Waals surface area contributed by atoms with Gasteiger partial charge in [0.25, 0.3) is 0 Å². The average molecular weight is 261 g/mol. The van der Waals surface area contributed by atoms with E-state index in [1.807, 2.05) is 19.1 Å². The molecule has 88 valence electrons. The Labute approximate surface area is 103 Å². The molecule has 1 N–H and O–H groups in total. The molecule has 1 aliphatic heterocycles. The van der Waals surface area contributed by atoms with Gasteiger partial charge in [0.2, 0.25) is 0 Å². The molecule has 1 fully saturated rings. The number of carbonyl (C=O) groups is 1. The Morgan fingerprint density at radius 1 is 1.69 bits per heavy atom. The molecule has 16 heavy (non-hydrogen) atoms. The third-order valence-corrected chi connectivity index (χ3v) is 4.66. The summed E-state index contributed by atoms with van der Waals surface area (Å²) < 4.78 is 6.01. The number of aliphatic carboxylic acids is 1. The van der Waals surface area contributed by atoms with Crippen LogP contribution < -0.4 is 0 Å². The minimum absolute atomic E-state index is 0.0634. The molecule has 0 radical (unpaired) electrons. The highest BCUT2D eigenvalue weighted by Gasteiger charge is 2.46. The quantitative estimate of drug-likeness (QED) is 0.906. The van der Waals surface area contributed by atoms with E-state index in [9.17, 15) is 4.79 Å². The lowest BCUT2D eigenvalue weighted by molar-refractivity contribution is -0.142. The molecule has 1 aromatic heterocycles. The number of carboxylic acid groups (broad SMARTS) is 1. The van der Waals surface area contributed by atoms with Gasteiger partial charge in [0.05, 0.1) is 23.0 Å². The van der Waals surface area contributed by atoms with Crippen LogP contribution in [0.5, 0.6) is 0 Å². The van der Waals surface area contributed by atoms with Crippen LogP contribution in [0.15, 0.2) is 12.1 Å². The molecule has 5 heteroatoms. The van der Waals surface area contributed by atoms with Crippen molar-refractivity contribution in [2.45, 2.75) is 18.8 Å². The Balaban J connectivity index is 2.22. The smallest absolute Gasteiger partial charge is 0.303 e. The van der Waals surface area contributed by atoms with E-state index in [0.717, 1.165) is 9.21 Å². The molecule has 1 atom stereocenters. The van der Waals surface area contributed by atoms with E-state index in [4.69, 9.17) is 21.4 Å². The van der Waals surface area contributed by atoms with E-state index in [2.05, 4.69) is 0 Å². The number of thiophene rings is 1. The molecule has 2 heterocycles. The van der Waals surface area contributed by atoms with E-state index in [-0.39, 0.29) is 17.8 Å². The van der Waals surface area contributed by atoms with Gasteiger partial charge in [0.1, 0.15) is 0 Å². The standard InChI is InChI=1S/C11H13ClO3S/c1-7(4-10(13)14)11(5-15-6-11)8-2-3-9(12)16-8/h2-3,7H,4-6H2,1H3,(H,13,14). The van der Waals surface area contributed by atoms with Crippen LogP contribution in [0.25, 0.3) is 0 Å². The third-order valence-electron chi connectivity index (χ3n) is 3.21. The van der Waals surface area contributed by atoms with Gasteiger partial charge in [-0.2, -0.15) is 0 Å². The monoisotopic (exact) mass is 260 g/mol. The summed E-state index contributed by atoms with van der Waals surface area (Å²) in [6.45, 7) is 3.15. The maximum atomic E-state index is 10.8. The second-order valence-corrected chi connectivity index (χ2v) is 5.97. The highest BCUT2D eigenvalue weighted by atomic mass is 35.5. The Morgan fingerprint density at radius 3 is 2.75 bits per heavy atom. The Kier molecular flexibility index (Phi) is 3.24. The molecule has 0 amide bonds. The van der Waals surface area contributed by atoms with Gasteiger partial charge in [-0.25, -0.2) is 0 Å². The molecule has 1 aromatic rings. The first-order valence-corrected chi connectivity index (χ1v) is 6.29.